The number of aliphatic hydroxyl groups is 1. The van der Waals surface area contributed by atoms with Gasteiger partial charge in [-0.1, -0.05) is 38.8 Å². The molecule has 3 rings (SSSR count). The molecule has 0 saturated carbocycles. The van der Waals surface area contributed by atoms with Gasteiger partial charge in [-0.3, -0.25) is 9.59 Å². The van der Waals surface area contributed by atoms with Crippen LogP contribution in [0.3, 0.4) is 0 Å². The number of rotatable bonds is 13. The lowest BCUT2D eigenvalue weighted by Gasteiger charge is -2.27. The van der Waals surface area contributed by atoms with Gasteiger partial charge in [0.2, 0.25) is 0 Å². The number of hydrogen-bond acceptors (Lipinski definition) is 5. The summed E-state index contributed by atoms with van der Waals surface area (Å²) in [5.74, 6) is -1.43. The molecule has 2 aromatic carbocycles. The number of Topliss-reactive ketones (excluding diaryl/α,β-unsaturated/α-hetero) is 1. The molecular weight excluding hydrogens is 459 g/mol. The Hall–Kier alpha value is -3.19. The number of likely N-dealkylation sites (tertiary alicyclic amines) is 1. The highest BCUT2D eigenvalue weighted by Crippen LogP contribution is 2.39. The van der Waals surface area contributed by atoms with E-state index in [1.54, 1.807) is 43.5 Å². The van der Waals surface area contributed by atoms with E-state index >= 15 is 0 Å². The summed E-state index contributed by atoms with van der Waals surface area (Å²) in [6.07, 6.45) is 5.17. The fourth-order valence-corrected chi connectivity index (χ4v) is 4.57. The van der Waals surface area contributed by atoms with Crippen molar-refractivity contribution in [3.63, 3.8) is 0 Å². The van der Waals surface area contributed by atoms with Gasteiger partial charge in [0.1, 0.15) is 17.3 Å². The normalized spacial score (nSPS) is 17.2. The monoisotopic (exact) mass is 496 g/mol. The van der Waals surface area contributed by atoms with Crippen LogP contribution in [0.15, 0.2) is 54.1 Å². The Bertz CT molecular complexity index is 1040. The second kappa shape index (κ2) is 13.2. The molecule has 1 atom stereocenters. The highest BCUT2D eigenvalue weighted by atomic mass is 19.1. The standard InChI is InChI=1S/C29H37FN2O4/c1-4-6-17-31(18-7-5-2)19-8-20-32-26(21-9-13-23(30)14-10-21)25(28(34)29(32)35)27(33)22-11-15-24(36-3)16-12-22/h9-16,26,33H,4-8,17-20H2,1-3H3/t26-/m1/s1. The molecule has 6 nitrogen and oxygen atoms in total. The smallest absolute Gasteiger partial charge is 0.295 e. The molecule has 0 aliphatic carbocycles. The fraction of sp³-hybridized carbons (Fsp3) is 0.448. The van der Waals surface area contributed by atoms with Crippen LogP contribution in [0.25, 0.3) is 5.76 Å². The summed E-state index contributed by atoms with van der Waals surface area (Å²) in [6, 6.07) is 11.6. The van der Waals surface area contributed by atoms with Crippen LogP contribution in [-0.4, -0.2) is 59.9 Å². The first-order valence-corrected chi connectivity index (χ1v) is 12.8. The molecule has 1 N–H and O–H groups in total. The van der Waals surface area contributed by atoms with Crippen LogP contribution in [0.2, 0.25) is 0 Å². The van der Waals surface area contributed by atoms with Crippen molar-refractivity contribution in [2.75, 3.05) is 33.3 Å². The molecule has 1 saturated heterocycles. The van der Waals surface area contributed by atoms with Gasteiger partial charge in [0.15, 0.2) is 0 Å². The zero-order valence-corrected chi connectivity index (χ0v) is 21.5. The Morgan fingerprint density at radius 2 is 1.53 bits per heavy atom. The van der Waals surface area contributed by atoms with Gasteiger partial charge in [0, 0.05) is 12.1 Å². The number of halogens is 1. The number of methoxy groups -OCH3 is 1. The summed E-state index contributed by atoms with van der Waals surface area (Å²) < 4.78 is 18.9. The maximum atomic E-state index is 13.7. The molecule has 194 valence electrons. The first-order valence-electron chi connectivity index (χ1n) is 12.8. The summed E-state index contributed by atoms with van der Waals surface area (Å²) in [7, 11) is 1.54. The van der Waals surface area contributed by atoms with Gasteiger partial charge in [-0.15, -0.1) is 0 Å². The van der Waals surface area contributed by atoms with E-state index in [0.717, 1.165) is 45.3 Å². The van der Waals surface area contributed by atoms with Crippen LogP contribution in [-0.2, 0) is 9.59 Å². The van der Waals surface area contributed by atoms with E-state index in [1.165, 1.54) is 17.0 Å². The lowest BCUT2D eigenvalue weighted by atomic mass is 9.95. The van der Waals surface area contributed by atoms with Crippen LogP contribution in [0, 0.1) is 5.82 Å². The molecular formula is C29H37FN2O4. The Morgan fingerprint density at radius 3 is 2.08 bits per heavy atom. The number of hydrogen-bond donors (Lipinski definition) is 1. The number of carbonyl (C=O) groups excluding carboxylic acids is 2. The molecule has 1 aliphatic heterocycles. The van der Waals surface area contributed by atoms with Crippen molar-refractivity contribution < 1.29 is 23.8 Å². The van der Waals surface area contributed by atoms with Crippen molar-refractivity contribution in [2.45, 2.75) is 52.0 Å². The Balaban J connectivity index is 1.90. The molecule has 36 heavy (non-hydrogen) atoms. The average molecular weight is 497 g/mol. The Kier molecular flexibility index (Phi) is 10.1. The van der Waals surface area contributed by atoms with Gasteiger partial charge >= 0.3 is 0 Å². The van der Waals surface area contributed by atoms with E-state index in [0.29, 0.717) is 29.8 Å². The third-order valence-electron chi connectivity index (χ3n) is 6.62. The molecule has 0 radical (unpaired) electrons. The molecule has 2 aromatic rings. The maximum Gasteiger partial charge on any atom is 0.295 e. The molecule has 7 heteroatoms. The Morgan fingerprint density at radius 1 is 0.944 bits per heavy atom. The first-order chi connectivity index (χ1) is 17.4. The number of amides is 1. The highest BCUT2D eigenvalue weighted by Gasteiger charge is 2.45. The van der Waals surface area contributed by atoms with Crippen molar-refractivity contribution in [3.8, 4) is 5.75 Å². The molecule has 1 heterocycles. The van der Waals surface area contributed by atoms with Crippen molar-refractivity contribution in [1.82, 2.24) is 9.80 Å². The number of aliphatic hydroxyl groups excluding tert-OH is 1. The number of nitrogens with zero attached hydrogens (tertiary/aromatic N) is 2. The molecule has 0 spiro atoms. The van der Waals surface area contributed by atoms with E-state index in [2.05, 4.69) is 18.7 Å². The number of carbonyl (C=O) groups is 2. The topological polar surface area (TPSA) is 70.1 Å². The van der Waals surface area contributed by atoms with Crippen LogP contribution in [0.5, 0.6) is 5.75 Å². The van der Waals surface area contributed by atoms with Crippen LogP contribution < -0.4 is 4.74 Å². The van der Waals surface area contributed by atoms with E-state index < -0.39 is 23.5 Å². The molecule has 0 unspecified atom stereocenters. The Labute approximate surface area is 213 Å². The highest BCUT2D eigenvalue weighted by molar-refractivity contribution is 6.46. The maximum absolute atomic E-state index is 13.7. The molecule has 0 aromatic heterocycles. The zero-order valence-electron chi connectivity index (χ0n) is 21.5. The molecule has 1 aliphatic rings. The third-order valence-corrected chi connectivity index (χ3v) is 6.62. The summed E-state index contributed by atoms with van der Waals surface area (Å²) in [4.78, 5) is 30.2. The second-order valence-corrected chi connectivity index (χ2v) is 9.17. The van der Waals surface area contributed by atoms with Gasteiger partial charge in [-0.2, -0.15) is 0 Å². The van der Waals surface area contributed by atoms with E-state index in [1.807, 2.05) is 0 Å². The lowest BCUT2D eigenvalue weighted by Crippen LogP contribution is -2.34. The van der Waals surface area contributed by atoms with E-state index in [9.17, 15) is 19.1 Å². The minimum absolute atomic E-state index is 0.0191. The van der Waals surface area contributed by atoms with Crippen LogP contribution in [0.4, 0.5) is 4.39 Å². The van der Waals surface area contributed by atoms with Crippen molar-refractivity contribution in [3.05, 3.63) is 71.0 Å². The number of unbranched alkanes of at least 4 members (excludes halogenated alkanes) is 2. The quantitative estimate of drug-likeness (QED) is 0.224. The number of ether oxygens (including phenoxy) is 1. The second-order valence-electron chi connectivity index (χ2n) is 9.17. The van der Waals surface area contributed by atoms with Gasteiger partial charge in [-0.05, 0) is 80.9 Å². The van der Waals surface area contributed by atoms with E-state index in [-0.39, 0.29) is 11.3 Å². The fourth-order valence-electron chi connectivity index (χ4n) is 4.57. The van der Waals surface area contributed by atoms with E-state index in [4.69, 9.17) is 4.74 Å². The minimum Gasteiger partial charge on any atom is -0.507 e. The van der Waals surface area contributed by atoms with Crippen molar-refractivity contribution in [2.24, 2.45) is 0 Å². The summed E-state index contributed by atoms with van der Waals surface area (Å²) in [5.41, 5.74) is 1.01. The van der Waals surface area contributed by atoms with Crippen LogP contribution in [0.1, 0.15) is 63.1 Å². The molecule has 1 amide bonds. The first kappa shape index (κ1) is 27.4. The van der Waals surface area contributed by atoms with Crippen molar-refractivity contribution in [1.29, 1.82) is 0 Å². The largest absolute Gasteiger partial charge is 0.507 e. The summed E-state index contributed by atoms with van der Waals surface area (Å²) >= 11 is 0. The third kappa shape index (κ3) is 6.52. The SMILES string of the molecule is CCCCN(CCCC)CCCN1C(=O)C(=O)C(=C(O)c2ccc(OC)cc2)[C@H]1c1ccc(F)cc1. The number of ketones is 1. The minimum atomic E-state index is -0.785. The lowest BCUT2D eigenvalue weighted by molar-refractivity contribution is -0.140. The number of benzene rings is 2. The zero-order chi connectivity index (χ0) is 26.1. The molecule has 1 fully saturated rings. The van der Waals surface area contributed by atoms with Crippen LogP contribution >= 0.6 is 0 Å². The predicted molar refractivity (Wildman–Crippen MR) is 139 cm³/mol. The van der Waals surface area contributed by atoms with Gasteiger partial charge in [-0.25, -0.2) is 4.39 Å². The summed E-state index contributed by atoms with van der Waals surface area (Å²) in [6.45, 7) is 7.53. The van der Waals surface area contributed by atoms with Crippen molar-refractivity contribution >= 4 is 17.4 Å². The van der Waals surface area contributed by atoms with Gasteiger partial charge < -0.3 is 19.6 Å². The average Bonchev–Trinajstić information content (AvgIpc) is 3.15. The summed E-state index contributed by atoms with van der Waals surface area (Å²) in [5, 5.41) is 11.1. The van der Waals surface area contributed by atoms with Gasteiger partial charge in [0.05, 0.1) is 18.7 Å². The van der Waals surface area contributed by atoms with Gasteiger partial charge in [0.25, 0.3) is 11.7 Å². The predicted octanol–water partition coefficient (Wildman–Crippen LogP) is 5.55. The molecule has 0 bridgehead atoms.